The lowest BCUT2D eigenvalue weighted by molar-refractivity contribution is -0.132. The summed E-state index contributed by atoms with van der Waals surface area (Å²) in [5.74, 6) is -1.23. The summed E-state index contributed by atoms with van der Waals surface area (Å²) in [5.41, 5.74) is 0. The van der Waals surface area contributed by atoms with Gasteiger partial charge in [-0.1, -0.05) is 30.4 Å². The highest BCUT2D eigenvalue weighted by molar-refractivity contribution is 6.48. The van der Waals surface area contributed by atoms with Gasteiger partial charge >= 0.3 is 5.91 Å². The maximum Gasteiger partial charge on any atom is 0.317 e. The van der Waals surface area contributed by atoms with Crippen molar-refractivity contribution in [3.8, 4) is 0 Å². The highest BCUT2D eigenvalue weighted by atomic mass is 16.2. The third-order valence-corrected chi connectivity index (χ3v) is 2.32. The first kappa shape index (κ1) is 10.5. The van der Waals surface area contributed by atoms with E-state index in [9.17, 15) is 9.59 Å². The van der Waals surface area contributed by atoms with Crippen molar-refractivity contribution in [1.29, 1.82) is 0 Å². The number of ketones is 1. The Hall–Kier alpha value is -2.03. The molecule has 1 amide bonds. The molecule has 0 saturated carbocycles. The zero-order valence-corrected chi connectivity index (χ0v) is 8.72. The van der Waals surface area contributed by atoms with Crippen LogP contribution in [0.15, 0.2) is 41.4 Å². The van der Waals surface area contributed by atoms with E-state index in [1.165, 1.54) is 18.9 Å². The number of carbonyl (C=O) groups excluding carboxylic acids is 2. The number of carbonyl (C=O) groups is 2. The molecule has 3 rings (SSSR count). The molecule has 0 bridgehead atoms. The van der Waals surface area contributed by atoms with Crippen molar-refractivity contribution in [3.63, 3.8) is 0 Å². The predicted molar refractivity (Wildman–Crippen MR) is 60.1 cm³/mol. The van der Waals surface area contributed by atoms with E-state index in [1.807, 2.05) is 0 Å². The van der Waals surface area contributed by atoms with Crippen LogP contribution in [0.2, 0.25) is 0 Å². The largest absolute Gasteiger partial charge is 0.317 e. The molecule has 0 saturated heterocycles. The summed E-state index contributed by atoms with van der Waals surface area (Å²) in [5, 5.41) is 1.28. The normalized spacial score (nSPS) is 16.0. The van der Waals surface area contributed by atoms with Crippen molar-refractivity contribution in [2.24, 2.45) is 4.99 Å². The number of amides is 1. The van der Waals surface area contributed by atoms with E-state index in [1.54, 1.807) is 24.3 Å². The molecule has 1 heterocycles. The Morgan fingerprint density at radius 1 is 1.00 bits per heavy atom. The highest BCUT2D eigenvalue weighted by Crippen LogP contribution is 2.01. The van der Waals surface area contributed by atoms with E-state index in [-0.39, 0.29) is 0 Å². The summed E-state index contributed by atoms with van der Waals surface area (Å²) >= 11 is 0. The highest BCUT2D eigenvalue weighted by Gasteiger charge is 2.11. The van der Waals surface area contributed by atoms with Crippen LogP contribution in [0.25, 0.3) is 6.08 Å². The van der Waals surface area contributed by atoms with E-state index >= 15 is 0 Å². The monoisotopic (exact) mass is 213 g/mol. The quantitative estimate of drug-likeness (QED) is 0.466. The first-order chi connectivity index (χ1) is 7.77. The number of benzene rings is 1. The molecular weight excluding hydrogens is 202 g/mol. The van der Waals surface area contributed by atoms with Gasteiger partial charge in [-0.25, -0.2) is 4.99 Å². The van der Waals surface area contributed by atoms with Gasteiger partial charge in [0, 0.05) is 11.3 Å². The number of nitrogens with zero attached hydrogens (tertiary/aromatic N) is 1. The van der Waals surface area contributed by atoms with Crippen LogP contribution in [-0.4, -0.2) is 11.7 Å². The number of para-hydroxylation sites is 1. The van der Waals surface area contributed by atoms with Crippen molar-refractivity contribution in [2.75, 3.05) is 0 Å². The third-order valence-electron chi connectivity index (χ3n) is 2.32. The van der Waals surface area contributed by atoms with Crippen LogP contribution >= 0.6 is 0 Å². The molecule has 1 aromatic carbocycles. The van der Waals surface area contributed by atoms with Gasteiger partial charge in [-0.05, 0) is 18.9 Å². The fourth-order valence-electron chi connectivity index (χ4n) is 1.25. The van der Waals surface area contributed by atoms with Gasteiger partial charge in [-0.2, -0.15) is 0 Å². The maximum atomic E-state index is 10.9. The maximum absolute atomic E-state index is 10.9. The lowest BCUT2D eigenvalue weighted by atomic mass is 10.1. The summed E-state index contributed by atoms with van der Waals surface area (Å²) in [6, 6.07) is 7.03. The number of Topliss-reactive ketones (excluding diaryl/α,β-unsaturated/α-hetero) is 1. The van der Waals surface area contributed by atoms with E-state index in [2.05, 4.69) is 17.1 Å². The minimum Gasteiger partial charge on any atom is -0.284 e. The minimum absolute atomic E-state index is 0.547. The fraction of sp³-hybridized carbons (Fsp3) is 0.154. The summed E-state index contributed by atoms with van der Waals surface area (Å²) in [7, 11) is 0. The molecule has 3 heteroatoms. The third kappa shape index (κ3) is 2.31. The van der Waals surface area contributed by atoms with Gasteiger partial charge < -0.3 is 0 Å². The zero-order chi connectivity index (χ0) is 11.4. The molecule has 2 aliphatic rings. The standard InChI is InChI=1S/C9H5NO2.C4H6/c11-8-5-6-3-1-2-4-7(6)10-9(8)12;1-2-4-3-1/h1-5H;1-2H,3-4H2. The molecule has 0 radical (unpaired) electrons. The summed E-state index contributed by atoms with van der Waals surface area (Å²) in [4.78, 5) is 25.3. The van der Waals surface area contributed by atoms with Gasteiger partial charge in [0.05, 0.1) is 5.36 Å². The average Bonchev–Trinajstić information content (AvgIpc) is 2.17. The van der Waals surface area contributed by atoms with Crippen molar-refractivity contribution in [1.82, 2.24) is 0 Å². The lowest BCUT2D eigenvalue weighted by Crippen LogP contribution is -2.33. The second-order valence-corrected chi connectivity index (χ2v) is 3.53. The Morgan fingerprint density at radius 2 is 1.62 bits per heavy atom. The molecule has 0 aromatic heterocycles. The molecule has 3 nitrogen and oxygen atoms in total. The Bertz CT molecular complexity index is 519. The molecule has 0 unspecified atom stereocenters. The SMILES string of the molecule is C1=CCC1.O=C1C=c2ccccc2=NC1=O. The van der Waals surface area contributed by atoms with Crippen LogP contribution in [0.1, 0.15) is 12.8 Å². The average molecular weight is 213 g/mol. The van der Waals surface area contributed by atoms with Gasteiger partial charge in [0.2, 0.25) is 5.78 Å². The molecule has 0 N–H and O–H groups in total. The number of allylic oxidation sites excluding steroid dienone is 2. The second-order valence-electron chi connectivity index (χ2n) is 3.53. The molecule has 16 heavy (non-hydrogen) atoms. The van der Waals surface area contributed by atoms with Crippen LogP contribution in [0.5, 0.6) is 0 Å². The number of hydrogen-bond acceptors (Lipinski definition) is 2. The molecule has 0 atom stereocenters. The van der Waals surface area contributed by atoms with Gasteiger partial charge in [-0.3, -0.25) is 9.59 Å². The van der Waals surface area contributed by atoms with Crippen molar-refractivity contribution >= 4 is 17.8 Å². The van der Waals surface area contributed by atoms with Crippen molar-refractivity contribution in [2.45, 2.75) is 12.8 Å². The van der Waals surface area contributed by atoms with Crippen LogP contribution in [0, 0.1) is 0 Å². The molecule has 0 spiro atoms. The smallest absolute Gasteiger partial charge is 0.284 e. The first-order valence-corrected chi connectivity index (χ1v) is 5.16. The summed E-state index contributed by atoms with van der Waals surface area (Å²) in [6.45, 7) is 0. The van der Waals surface area contributed by atoms with Gasteiger partial charge in [0.1, 0.15) is 0 Å². The summed E-state index contributed by atoms with van der Waals surface area (Å²) < 4.78 is 0. The lowest BCUT2D eigenvalue weighted by Gasteiger charge is -1.95. The molecule has 1 aliphatic carbocycles. The van der Waals surface area contributed by atoms with E-state index in [0.717, 1.165) is 0 Å². The van der Waals surface area contributed by atoms with Crippen LogP contribution in [-0.2, 0) is 9.59 Å². The van der Waals surface area contributed by atoms with Crippen molar-refractivity contribution in [3.05, 3.63) is 47.0 Å². The topological polar surface area (TPSA) is 46.5 Å². The fourth-order valence-corrected chi connectivity index (χ4v) is 1.25. The predicted octanol–water partition coefficient (Wildman–Crippen LogP) is 0.532. The van der Waals surface area contributed by atoms with Crippen LogP contribution < -0.4 is 10.6 Å². The molecule has 1 aromatic rings. The Kier molecular flexibility index (Phi) is 3.05. The minimum atomic E-state index is -0.686. The number of fused-ring (bicyclic) bond motifs is 1. The van der Waals surface area contributed by atoms with Crippen LogP contribution in [0.4, 0.5) is 0 Å². The van der Waals surface area contributed by atoms with Gasteiger partial charge in [-0.15, -0.1) is 0 Å². The first-order valence-electron chi connectivity index (χ1n) is 5.16. The van der Waals surface area contributed by atoms with Crippen LogP contribution in [0.3, 0.4) is 0 Å². The van der Waals surface area contributed by atoms with E-state index < -0.39 is 11.7 Å². The molecule has 0 fully saturated rings. The summed E-state index contributed by atoms with van der Waals surface area (Å²) in [6.07, 6.45) is 8.31. The van der Waals surface area contributed by atoms with Crippen molar-refractivity contribution < 1.29 is 9.59 Å². The number of hydrogen-bond donors (Lipinski definition) is 0. The van der Waals surface area contributed by atoms with E-state index in [4.69, 9.17) is 0 Å². The second kappa shape index (κ2) is 4.66. The van der Waals surface area contributed by atoms with E-state index in [0.29, 0.717) is 10.6 Å². The molecule has 80 valence electrons. The molecular formula is C13H11NO2. The number of rotatable bonds is 0. The Morgan fingerprint density at radius 3 is 2.25 bits per heavy atom. The Labute approximate surface area is 92.8 Å². The Balaban J connectivity index is 0.000000203. The zero-order valence-electron chi connectivity index (χ0n) is 8.72. The molecule has 1 aliphatic heterocycles. The van der Waals surface area contributed by atoms with Gasteiger partial charge in [0.25, 0.3) is 0 Å². The van der Waals surface area contributed by atoms with Gasteiger partial charge in [0.15, 0.2) is 0 Å².